The van der Waals surface area contributed by atoms with Gasteiger partial charge in [0, 0.05) is 36.8 Å². The molecule has 0 unspecified atom stereocenters. The zero-order chi connectivity index (χ0) is 17.1. The van der Waals surface area contributed by atoms with Crippen molar-refractivity contribution in [3.63, 3.8) is 0 Å². The Morgan fingerprint density at radius 1 is 1.00 bits per heavy atom. The summed E-state index contributed by atoms with van der Waals surface area (Å²) in [6, 6.07) is 10.3. The van der Waals surface area contributed by atoms with Crippen molar-refractivity contribution in [2.75, 3.05) is 26.2 Å². The number of benzene rings is 1. The Morgan fingerprint density at radius 2 is 1.71 bits per heavy atom. The van der Waals surface area contributed by atoms with Crippen LogP contribution in [0.5, 0.6) is 0 Å². The molecule has 0 aliphatic carbocycles. The molecular weight excluding hydrogens is 396 g/mol. The minimum atomic E-state index is -0.155. The summed E-state index contributed by atoms with van der Waals surface area (Å²) in [5, 5.41) is 0.538. The van der Waals surface area contributed by atoms with E-state index < -0.39 is 0 Å². The number of rotatable bonds is 2. The van der Waals surface area contributed by atoms with Crippen LogP contribution in [0.1, 0.15) is 27.3 Å². The Morgan fingerprint density at radius 3 is 2.33 bits per heavy atom. The number of nitrogens with zero attached hydrogens (tertiary/aromatic N) is 2. The molecule has 2 aromatic rings. The normalized spacial score (nSPS) is 15.2. The lowest BCUT2D eigenvalue weighted by Gasteiger charge is -2.21. The molecule has 1 aliphatic heterocycles. The first-order valence-electron chi connectivity index (χ1n) is 7.64. The Balaban J connectivity index is 1.66. The molecule has 0 spiro atoms. The maximum absolute atomic E-state index is 12.6. The summed E-state index contributed by atoms with van der Waals surface area (Å²) in [7, 11) is 0. The smallest absolute Gasteiger partial charge is 0.289 e. The van der Waals surface area contributed by atoms with Crippen LogP contribution in [-0.4, -0.2) is 47.8 Å². The van der Waals surface area contributed by atoms with Crippen molar-refractivity contribution >= 4 is 39.3 Å². The zero-order valence-corrected chi connectivity index (χ0v) is 15.2. The van der Waals surface area contributed by atoms with E-state index in [1.165, 1.54) is 0 Å². The topological polar surface area (TPSA) is 53.8 Å². The molecule has 1 saturated heterocycles. The van der Waals surface area contributed by atoms with Gasteiger partial charge in [0.25, 0.3) is 11.8 Å². The van der Waals surface area contributed by atoms with E-state index in [-0.39, 0.29) is 11.8 Å². The predicted octanol–water partition coefficient (Wildman–Crippen LogP) is 3.68. The van der Waals surface area contributed by atoms with Crippen LogP contribution >= 0.6 is 27.5 Å². The van der Waals surface area contributed by atoms with E-state index in [9.17, 15) is 9.59 Å². The van der Waals surface area contributed by atoms with E-state index in [2.05, 4.69) is 15.9 Å². The summed E-state index contributed by atoms with van der Waals surface area (Å²) >= 11 is 9.16. The summed E-state index contributed by atoms with van der Waals surface area (Å²) < 4.78 is 5.85. The van der Waals surface area contributed by atoms with Crippen LogP contribution in [-0.2, 0) is 0 Å². The van der Waals surface area contributed by atoms with Gasteiger partial charge in [-0.2, -0.15) is 0 Å². The molecule has 3 rings (SSSR count). The maximum atomic E-state index is 12.6. The van der Waals surface area contributed by atoms with Gasteiger partial charge >= 0.3 is 0 Å². The molecular formula is C17H16BrClN2O3. The van der Waals surface area contributed by atoms with Gasteiger partial charge in [0.15, 0.2) is 10.4 Å². The van der Waals surface area contributed by atoms with Crippen molar-refractivity contribution in [2.45, 2.75) is 6.42 Å². The Labute approximate surface area is 153 Å². The van der Waals surface area contributed by atoms with Gasteiger partial charge in [0.1, 0.15) is 0 Å². The molecule has 2 amide bonds. The van der Waals surface area contributed by atoms with Crippen LogP contribution in [0.3, 0.4) is 0 Å². The molecule has 5 nitrogen and oxygen atoms in total. The number of hydrogen-bond acceptors (Lipinski definition) is 3. The molecule has 0 N–H and O–H groups in total. The number of carbonyl (C=O) groups is 2. The monoisotopic (exact) mass is 410 g/mol. The Bertz CT molecular complexity index is 762. The van der Waals surface area contributed by atoms with E-state index in [4.69, 9.17) is 16.0 Å². The van der Waals surface area contributed by atoms with Crippen LogP contribution in [0.15, 0.2) is 45.5 Å². The van der Waals surface area contributed by atoms with Gasteiger partial charge in [-0.3, -0.25) is 9.59 Å². The van der Waals surface area contributed by atoms with Crippen LogP contribution in [0.25, 0.3) is 0 Å². The Hall–Kier alpha value is -1.79. The average molecular weight is 412 g/mol. The highest BCUT2D eigenvalue weighted by Crippen LogP contribution is 2.18. The van der Waals surface area contributed by atoms with Crippen LogP contribution in [0.2, 0.25) is 5.02 Å². The second-order valence-electron chi connectivity index (χ2n) is 5.55. The van der Waals surface area contributed by atoms with Crippen LogP contribution in [0, 0.1) is 0 Å². The summed E-state index contributed by atoms with van der Waals surface area (Å²) in [4.78, 5) is 28.5. The first kappa shape index (κ1) is 17.0. The van der Waals surface area contributed by atoms with Gasteiger partial charge in [-0.1, -0.05) is 17.7 Å². The number of halogens is 2. The molecule has 2 heterocycles. The highest BCUT2D eigenvalue weighted by molar-refractivity contribution is 9.10. The van der Waals surface area contributed by atoms with E-state index in [0.717, 1.165) is 6.42 Å². The molecule has 0 saturated carbocycles. The maximum Gasteiger partial charge on any atom is 0.289 e. The summed E-state index contributed by atoms with van der Waals surface area (Å²) in [5.74, 6) is 0.0850. The number of amides is 2. The highest BCUT2D eigenvalue weighted by atomic mass is 79.9. The van der Waals surface area contributed by atoms with Crippen molar-refractivity contribution in [1.82, 2.24) is 9.80 Å². The fourth-order valence-electron chi connectivity index (χ4n) is 2.71. The van der Waals surface area contributed by atoms with E-state index >= 15 is 0 Å². The molecule has 0 radical (unpaired) electrons. The minimum Gasteiger partial charge on any atom is -0.444 e. The van der Waals surface area contributed by atoms with Crippen molar-refractivity contribution in [2.24, 2.45) is 0 Å². The molecule has 1 aromatic carbocycles. The zero-order valence-electron chi connectivity index (χ0n) is 12.9. The standard InChI is InChI=1S/C17H16BrClN2O3/c18-15-6-5-14(24-15)17(23)21-8-2-7-20(9-10-21)16(22)12-3-1-4-13(19)11-12/h1,3-6,11H,2,7-10H2. The first-order valence-corrected chi connectivity index (χ1v) is 8.81. The third kappa shape index (κ3) is 3.82. The molecule has 1 fully saturated rings. The molecule has 126 valence electrons. The second kappa shape index (κ2) is 7.40. The van der Waals surface area contributed by atoms with E-state index in [1.807, 2.05) is 0 Å². The predicted molar refractivity (Wildman–Crippen MR) is 94.3 cm³/mol. The fourth-order valence-corrected chi connectivity index (χ4v) is 3.21. The SMILES string of the molecule is O=C(c1cccc(Cl)c1)N1CCCN(C(=O)c2ccc(Br)o2)CC1. The van der Waals surface area contributed by atoms with Gasteiger partial charge in [0.2, 0.25) is 0 Å². The molecule has 1 aliphatic rings. The lowest BCUT2D eigenvalue weighted by Crippen LogP contribution is -2.37. The lowest BCUT2D eigenvalue weighted by atomic mass is 10.2. The quantitative estimate of drug-likeness (QED) is 0.757. The third-order valence-electron chi connectivity index (χ3n) is 3.93. The minimum absolute atomic E-state index is 0.0625. The third-order valence-corrected chi connectivity index (χ3v) is 4.59. The van der Waals surface area contributed by atoms with Crippen molar-refractivity contribution in [3.8, 4) is 0 Å². The number of furan rings is 1. The molecule has 1 aromatic heterocycles. The molecule has 0 atom stereocenters. The van der Waals surface area contributed by atoms with Gasteiger partial charge in [0.05, 0.1) is 0 Å². The molecule has 0 bridgehead atoms. The fraction of sp³-hybridized carbons (Fsp3) is 0.294. The summed E-state index contributed by atoms with van der Waals surface area (Å²) in [6.07, 6.45) is 0.722. The van der Waals surface area contributed by atoms with Gasteiger partial charge in [-0.05, 0) is 52.7 Å². The second-order valence-corrected chi connectivity index (χ2v) is 6.77. The first-order chi connectivity index (χ1) is 11.5. The van der Waals surface area contributed by atoms with Crippen molar-refractivity contribution in [1.29, 1.82) is 0 Å². The number of carbonyl (C=O) groups excluding carboxylic acids is 2. The summed E-state index contributed by atoms with van der Waals surface area (Å²) in [6.45, 7) is 2.16. The van der Waals surface area contributed by atoms with Gasteiger partial charge in [-0.15, -0.1) is 0 Å². The highest BCUT2D eigenvalue weighted by Gasteiger charge is 2.25. The van der Waals surface area contributed by atoms with Crippen LogP contribution < -0.4 is 0 Å². The lowest BCUT2D eigenvalue weighted by molar-refractivity contribution is 0.0699. The molecule has 24 heavy (non-hydrogen) atoms. The number of hydrogen-bond donors (Lipinski definition) is 0. The van der Waals surface area contributed by atoms with Gasteiger partial charge < -0.3 is 14.2 Å². The van der Waals surface area contributed by atoms with Crippen molar-refractivity contribution in [3.05, 3.63) is 57.4 Å². The van der Waals surface area contributed by atoms with Crippen molar-refractivity contribution < 1.29 is 14.0 Å². The average Bonchev–Trinajstić information content (AvgIpc) is 2.86. The Kier molecular flexibility index (Phi) is 5.26. The van der Waals surface area contributed by atoms with E-state index in [0.29, 0.717) is 47.2 Å². The van der Waals surface area contributed by atoms with Crippen LogP contribution in [0.4, 0.5) is 0 Å². The van der Waals surface area contributed by atoms with E-state index in [1.54, 1.807) is 46.2 Å². The molecule has 7 heteroatoms. The van der Waals surface area contributed by atoms with Gasteiger partial charge in [-0.25, -0.2) is 0 Å². The largest absolute Gasteiger partial charge is 0.444 e. The summed E-state index contributed by atoms with van der Waals surface area (Å²) in [5.41, 5.74) is 0.567.